The lowest BCUT2D eigenvalue weighted by atomic mass is 9.70. The Morgan fingerprint density at radius 3 is 1.98 bits per heavy atom. The third-order valence-electron chi connectivity index (χ3n) is 8.05. The molecule has 1 aromatic heterocycles. The van der Waals surface area contributed by atoms with Gasteiger partial charge in [-0.1, -0.05) is 99.1 Å². The molecule has 2 heterocycles. The fourth-order valence-electron chi connectivity index (χ4n) is 6.03. The Kier molecular flexibility index (Phi) is 9.33. The molecule has 0 amide bonds. The smallest absolute Gasteiger partial charge is 0.409 e. The van der Waals surface area contributed by atoms with Gasteiger partial charge < -0.3 is 9.33 Å². The summed E-state index contributed by atoms with van der Waals surface area (Å²) in [5.41, 5.74) is -1.82. The number of alkyl halides is 6. The highest BCUT2D eigenvalue weighted by Gasteiger charge is 2.50. The van der Waals surface area contributed by atoms with Gasteiger partial charge in [-0.2, -0.15) is 22.0 Å². The minimum Gasteiger partial charge on any atom is -0.409 e. The van der Waals surface area contributed by atoms with Gasteiger partial charge in [0, 0.05) is 23.6 Å². The number of hydrogen-bond donors (Lipinski definition) is 0. The molecule has 244 valence electrons. The Hall–Kier alpha value is -3.41. The van der Waals surface area contributed by atoms with Gasteiger partial charge >= 0.3 is 12.1 Å². The van der Waals surface area contributed by atoms with E-state index in [0.29, 0.717) is 11.6 Å². The summed E-state index contributed by atoms with van der Waals surface area (Å²) < 4.78 is 92.2. The lowest BCUT2D eigenvalue weighted by Crippen LogP contribution is -2.45. The van der Waals surface area contributed by atoms with E-state index in [-0.39, 0.29) is 34.8 Å². The molecule has 12 heteroatoms. The van der Waals surface area contributed by atoms with Crippen molar-refractivity contribution in [2.75, 3.05) is 18.1 Å². The summed E-state index contributed by atoms with van der Waals surface area (Å²) in [5, 5.41) is -0.0691. The number of benzene rings is 3. The lowest BCUT2D eigenvalue weighted by molar-refractivity contribution is -0.137. The number of aryl methyl sites for hydroxylation is 1. The molecule has 4 nitrogen and oxygen atoms in total. The molecule has 4 aromatic rings. The molecule has 1 atom stereocenters. The predicted octanol–water partition coefficient (Wildman–Crippen LogP) is 9.41. The van der Waals surface area contributed by atoms with Crippen LogP contribution < -0.4 is 4.90 Å². The number of fused-ring (bicyclic) bond motifs is 1. The Morgan fingerprint density at radius 2 is 1.46 bits per heavy atom. The molecule has 0 saturated heterocycles. The molecule has 0 fully saturated rings. The van der Waals surface area contributed by atoms with E-state index in [2.05, 4.69) is 30.7 Å². The first-order valence-corrected chi connectivity index (χ1v) is 16.5. The molecule has 0 bridgehead atoms. The highest BCUT2D eigenvalue weighted by Crippen LogP contribution is 2.55. The van der Waals surface area contributed by atoms with E-state index in [1.54, 1.807) is 6.92 Å². The van der Waals surface area contributed by atoms with Crippen LogP contribution in [-0.2, 0) is 22.1 Å². The van der Waals surface area contributed by atoms with Crippen LogP contribution in [0.3, 0.4) is 0 Å². The van der Waals surface area contributed by atoms with Gasteiger partial charge in [0.05, 0.1) is 11.3 Å². The molecule has 0 radical (unpaired) electrons. The maximum atomic E-state index is 14.5. The Morgan fingerprint density at radius 1 is 0.870 bits per heavy atom. The third-order valence-corrected chi connectivity index (χ3v) is 9.80. The largest absolute Gasteiger partial charge is 0.418 e. The van der Waals surface area contributed by atoms with Gasteiger partial charge in [-0.3, -0.25) is 0 Å². The zero-order valence-electron chi connectivity index (χ0n) is 25.8. The second kappa shape index (κ2) is 12.7. The number of rotatable bonds is 8. The molecule has 46 heavy (non-hydrogen) atoms. The maximum absolute atomic E-state index is 14.5. The van der Waals surface area contributed by atoms with Crippen molar-refractivity contribution in [1.82, 2.24) is 9.97 Å². The van der Waals surface area contributed by atoms with Crippen molar-refractivity contribution in [3.05, 3.63) is 118 Å². The van der Waals surface area contributed by atoms with E-state index >= 15 is 0 Å². The summed E-state index contributed by atoms with van der Waals surface area (Å²) in [6.07, 6.45) is -4.78. The highest BCUT2D eigenvalue weighted by molar-refractivity contribution is 6.32. The monoisotopic (exact) mass is 677 g/mol. The zero-order chi connectivity index (χ0) is 33.5. The SMILES string of the molecule is Cc1nc(Cl)c2c(n1)N(c1ccc(C(F)(F)CF)cc1C(F)(F)F)CCC2C(O[SiH2]C(C)(C)C)(c1ccccc1)c1ccccc1. The first kappa shape index (κ1) is 33.9. The van der Waals surface area contributed by atoms with Crippen molar-refractivity contribution in [2.24, 2.45) is 0 Å². The molecule has 1 aliphatic rings. The Balaban J connectivity index is 1.78. The van der Waals surface area contributed by atoms with Crippen molar-refractivity contribution in [1.29, 1.82) is 0 Å². The minimum absolute atomic E-state index is 0.0221. The molecule has 0 aliphatic carbocycles. The van der Waals surface area contributed by atoms with E-state index in [0.717, 1.165) is 23.3 Å². The van der Waals surface area contributed by atoms with E-state index < -0.39 is 56.9 Å². The lowest BCUT2D eigenvalue weighted by Gasteiger charge is -2.47. The van der Waals surface area contributed by atoms with Crippen molar-refractivity contribution in [3.8, 4) is 0 Å². The number of anilines is 2. The van der Waals surface area contributed by atoms with Gasteiger partial charge in [0.2, 0.25) is 0 Å². The third kappa shape index (κ3) is 6.54. The van der Waals surface area contributed by atoms with E-state index in [4.69, 9.17) is 16.0 Å². The summed E-state index contributed by atoms with van der Waals surface area (Å²) in [6, 6.07) is 21.3. The second-order valence-electron chi connectivity index (χ2n) is 12.7. The van der Waals surface area contributed by atoms with Gasteiger partial charge in [0.25, 0.3) is 0 Å². The fourth-order valence-corrected chi connectivity index (χ4v) is 7.56. The van der Waals surface area contributed by atoms with Crippen LogP contribution in [0.5, 0.6) is 0 Å². The number of hydrogen-bond acceptors (Lipinski definition) is 4. The fraction of sp³-hybridized carbons (Fsp3) is 0.353. The maximum Gasteiger partial charge on any atom is 0.418 e. The van der Waals surface area contributed by atoms with E-state index in [1.807, 2.05) is 60.7 Å². The second-order valence-corrected chi connectivity index (χ2v) is 15.7. The summed E-state index contributed by atoms with van der Waals surface area (Å²) in [5.74, 6) is -4.28. The number of halogens is 7. The molecule has 0 spiro atoms. The zero-order valence-corrected chi connectivity index (χ0v) is 28.0. The van der Waals surface area contributed by atoms with E-state index in [1.165, 1.54) is 4.90 Å². The number of nitrogens with zero attached hydrogens (tertiary/aromatic N) is 3. The summed E-state index contributed by atoms with van der Waals surface area (Å²) in [6.45, 7) is 5.78. The molecule has 0 saturated carbocycles. The molecular weight excluding hydrogens is 644 g/mol. The van der Waals surface area contributed by atoms with Crippen molar-refractivity contribution in [3.63, 3.8) is 0 Å². The summed E-state index contributed by atoms with van der Waals surface area (Å²) >= 11 is 6.91. The van der Waals surface area contributed by atoms with Gasteiger partial charge in [-0.25, -0.2) is 14.4 Å². The molecule has 1 unspecified atom stereocenters. The van der Waals surface area contributed by atoms with Gasteiger partial charge in [-0.15, -0.1) is 0 Å². The van der Waals surface area contributed by atoms with Crippen LogP contribution in [0.25, 0.3) is 0 Å². The minimum atomic E-state index is -5.03. The molecular formula is C34H34ClF6N3OSi. The average molecular weight is 678 g/mol. The Labute approximate surface area is 271 Å². The standard InChI is InChI=1S/C34H34ClF6N3OSi/c1-21-42-29(35)28-25(33(45-46-31(2,3)4,22-11-7-5-8-12-22)23-13-9-6-10-14-23)17-18-44(30(28)43-21)27-16-15-24(32(37,38)20-36)19-26(27)34(39,40)41/h5-16,19,25H,17-18,20,46H2,1-4H3. The van der Waals surface area contributed by atoms with Gasteiger partial charge in [0.15, 0.2) is 16.4 Å². The van der Waals surface area contributed by atoms with Gasteiger partial charge in [-0.05, 0) is 41.6 Å². The summed E-state index contributed by atoms with van der Waals surface area (Å²) in [4.78, 5) is 10.4. The van der Waals surface area contributed by atoms with Crippen molar-refractivity contribution in [2.45, 2.75) is 62.8 Å². The first-order valence-electron chi connectivity index (χ1n) is 14.8. The van der Waals surface area contributed by atoms with Crippen LogP contribution in [0.1, 0.15) is 66.8 Å². The van der Waals surface area contributed by atoms with Crippen LogP contribution in [-0.4, -0.2) is 33.0 Å². The average Bonchev–Trinajstić information content (AvgIpc) is 3.01. The summed E-state index contributed by atoms with van der Waals surface area (Å²) in [7, 11) is -1.26. The van der Waals surface area contributed by atoms with Gasteiger partial charge in [0.1, 0.15) is 22.4 Å². The van der Waals surface area contributed by atoms with Crippen LogP contribution in [0.15, 0.2) is 78.9 Å². The quantitative estimate of drug-likeness (QED) is 0.106. The topological polar surface area (TPSA) is 38.2 Å². The van der Waals surface area contributed by atoms with E-state index in [9.17, 15) is 26.3 Å². The molecule has 3 aromatic carbocycles. The van der Waals surface area contributed by atoms with Crippen LogP contribution >= 0.6 is 11.6 Å². The molecule has 1 aliphatic heterocycles. The Bertz CT molecular complexity index is 1640. The molecule has 0 N–H and O–H groups in total. The van der Waals surface area contributed by atoms with Crippen LogP contribution in [0.2, 0.25) is 10.2 Å². The van der Waals surface area contributed by atoms with Crippen LogP contribution in [0.4, 0.5) is 37.8 Å². The van der Waals surface area contributed by atoms with Crippen LogP contribution in [0, 0.1) is 6.92 Å². The van der Waals surface area contributed by atoms with Crippen molar-refractivity contribution < 1.29 is 30.8 Å². The van der Waals surface area contributed by atoms with Crippen molar-refractivity contribution >= 4 is 32.9 Å². The first-order chi connectivity index (χ1) is 21.6. The predicted molar refractivity (Wildman–Crippen MR) is 170 cm³/mol. The molecule has 5 rings (SSSR count). The normalized spacial score (nSPS) is 16.2. The highest BCUT2D eigenvalue weighted by atomic mass is 35.5. The number of aromatic nitrogens is 2.